The molecule has 29 heavy (non-hydrogen) atoms. The summed E-state index contributed by atoms with van der Waals surface area (Å²) in [5.74, 6) is 0.931. The normalized spacial score (nSPS) is 23.3. The summed E-state index contributed by atoms with van der Waals surface area (Å²) in [4.78, 5) is 4.80. The summed E-state index contributed by atoms with van der Waals surface area (Å²) in [6, 6.07) is 14.7. The fourth-order valence-electron chi connectivity index (χ4n) is 5.31. The molecule has 0 amide bonds. The molecular weight excluding hydrogens is 360 g/mol. The van der Waals surface area contributed by atoms with Gasteiger partial charge in [0.05, 0.1) is 12.7 Å². The summed E-state index contributed by atoms with van der Waals surface area (Å²) in [5.41, 5.74) is 2.79. The van der Waals surface area contributed by atoms with Gasteiger partial charge in [0.25, 0.3) is 0 Å². The third-order valence-corrected chi connectivity index (χ3v) is 6.88. The van der Waals surface area contributed by atoms with Gasteiger partial charge in [-0.25, -0.2) is 0 Å². The number of hydrogen-bond donors (Lipinski definition) is 1. The van der Waals surface area contributed by atoms with Gasteiger partial charge in [-0.15, -0.1) is 0 Å². The maximum Gasteiger partial charge on any atom is 0.119 e. The molecule has 2 aromatic rings. The second kappa shape index (κ2) is 9.27. The standard InChI is InChI=1S/C25H34N2O2/c1-28-22-8-6-7-21(19-22)10-16-26-17-13-24(23-9-2-5-15-27-23)14-18-29-25(20-24)11-3-4-12-25/h2,5-9,15,19,26H,3-4,10-14,16-18,20H2,1H3/t24-/m0/s1. The number of benzene rings is 1. The number of pyridine rings is 1. The molecule has 1 spiro atoms. The lowest BCUT2D eigenvalue weighted by Gasteiger charge is -2.46. The molecule has 0 radical (unpaired) electrons. The van der Waals surface area contributed by atoms with Gasteiger partial charge in [-0.2, -0.15) is 0 Å². The molecule has 0 unspecified atom stereocenters. The molecule has 1 N–H and O–H groups in total. The molecule has 2 fully saturated rings. The first-order valence-electron chi connectivity index (χ1n) is 11.1. The van der Waals surface area contributed by atoms with E-state index in [4.69, 9.17) is 14.5 Å². The van der Waals surface area contributed by atoms with Gasteiger partial charge in [0.1, 0.15) is 5.75 Å². The third-order valence-electron chi connectivity index (χ3n) is 6.88. The van der Waals surface area contributed by atoms with Crippen LogP contribution < -0.4 is 10.1 Å². The average Bonchev–Trinajstić information content (AvgIpc) is 3.21. The maximum atomic E-state index is 6.35. The van der Waals surface area contributed by atoms with Crippen LogP contribution in [-0.4, -0.2) is 37.4 Å². The molecule has 1 aliphatic carbocycles. The molecule has 0 bridgehead atoms. The lowest BCUT2D eigenvalue weighted by molar-refractivity contribution is -0.104. The highest BCUT2D eigenvalue weighted by atomic mass is 16.5. The summed E-state index contributed by atoms with van der Waals surface area (Å²) in [7, 11) is 1.72. The van der Waals surface area contributed by atoms with Crippen LogP contribution in [0.15, 0.2) is 48.7 Å². The molecule has 1 aromatic carbocycles. The zero-order valence-electron chi connectivity index (χ0n) is 17.7. The highest BCUT2D eigenvalue weighted by molar-refractivity contribution is 5.28. The fraction of sp³-hybridized carbons (Fsp3) is 0.560. The average molecular weight is 395 g/mol. The minimum Gasteiger partial charge on any atom is -0.497 e. The molecule has 1 atom stereocenters. The van der Waals surface area contributed by atoms with Crippen LogP contribution in [0.5, 0.6) is 5.75 Å². The van der Waals surface area contributed by atoms with E-state index in [1.54, 1.807) is 7.11 Å². The van der Waals surface area contributed by atoms with Gasteiger partial charge in [0, 0.05) is 23.9 Å². The van der Waals surface area contributed by atoms with Gasteiger partial charge in [-0.3, -0.25) is 4.98 Å². The Hall–Kier alpha value is -1.91. The Kier molecular flexibility index (Phi) is 6.51. The van der Waals surface area contributed by atoms with Gasteiger partial charge >= 0.3 is 0 Å². The SMILES string of the molecule is COc1cccc(CCNCC[C@]2(c3ccccn3)CCOC3(CCCC3)C2)c1. The van der Waals surface area contributed by atoms with Crippen LogP contribution in [0.4, 0.5) is 0 Å². The van der Waals surface area contributed by atoms with Crippen molar-refractivity contribution in [2.24, 2.45) is 0 Å². The van der Waals surface area contributed by atoms with Gasteiger partial charge < -0.3 is 14.8 Å². The summed E-state index contributed by atoms with van der Waals surface area (Å²) in [6.07, 6.45) is 11.3. The van der Waals surface area contributed by atoms with E-state index in [1.807, 2.05) is 18.3 Å². The topological polar surface area (TPSA) is 43.4 Å². The highest BCUT2D eigenvalue weighted by Crippen LogP contribution is 2.49. The molecule has 1 saturated heterocycles. The van der Waals surface area contributed by atoms with Crippen molar-refractivity contribution in [1.82, 2.24) is 10.3 Å². The molecule has 4 rings (SSSR count). The molecule has 4 nitrogen and oxygen atoms in total. The highest BCUT2D eigenvalue weighted by Gasteiger charge is 2.48. The van der Waals surface area contributed by atoms with E-state index in [9.17, 15) is 0 Å². The van der Waals surface area contributed by atoms with Crippen molar-refractivity contribution < 1.29 is 9.47 Å². The molecule has 1 saturated carbocycles. The van der Waals surface area contributed by atoms with E-state index in [-0.39, 0.29) is 11.0 Å². The molecular formula is C25H34N2O2. The molecule has 4 heteroatoms. The summed E-state index contributed by atoms with van der Waals surface area (Å²) < 4.78 is 11.7. The number of ether oxygens (including phenoxy) is 2. The van der Waals surface area contributed by atoms with Crippen LogP contribution in [0, 0.1) is 0 Å². The fourth-order valence-corrected chi connectivity index (χ4v) is 5.31. The van der Waals surface area contributed by atoms with Crippen molar-refractivity contribution in [3.63, 3.8) is 0 Å². The molecule has 1 aromatic heterocycles. The molecule has 2 heterocycles. The minimum absolute atomic E-state index is 0.0936. The van der Waals surface area contributed by atoms with E-state index in [1.165, 1.54) is 36.9 Å². The zero-order chi connectivity index (χ0) is 20.0. The third kappa shape index (κ3) is 4.81. The first kappa shape index (κ1) is 20.4. The van der Waals surface area contributed by atoms with Gasteiger partial charge in [-0.1, -0.05) is 31.0 Å². The Balaban J connectivity index is 1.37. The van der Waals surface area contributed by atoms with Crippen molar-refractivity contribution in [2.45, 2.75) is 62.4 Å². The smallest absolute Gasteiger partial charge is 0.119 e. The van der Waals surface area contributed by atoms with Crippen molar-refractivity contribution in [3.05, 3.63) is 59.9 Å². The van der Waals surface area contributed by atoms with E-state index in [0.29, 0.717) is 0 Å². The monoisotopic (exact) mass is 394 g/mol. The van der Waals surface area contributed by atoms with Crippen LogP contribution >= 0.6 is 0 Å². The summed E-state index contributed by atoms with van der Waals surface area (Å²) >= 11 is 0. The van der Waals surface area contributed by atoms with Gasteiger partial charge in [0.15, 0.2) is 0 Å². The largest absolute Gasteiger partial charge is 0.497 e. The first-order chi connectivity index (χ1) is 14.2. The molecule has 2 aliphatic rings. The van der Waals surface area contributed by atoms with Crippen molar-refractivity contribution >= 4 is 0 Å². The Bertz CT molecular complexity index is 773. The summed E-state index contributed by atoms with van der Waals surface area (Å²) in [5, 5.41) is 3.68. The second-order valence-corrected chi connectivity index (χ2v) is 8.76. The number of rotatable bonds is 8. The van der Waals surface area contributed by atoms with Crippen LogP contribution in [0.1, 0.15) is 56.2 Å². The predicted octanol–water partition coefficient (Wildman–Crippen LogP) is 4.67. The lowest BCUT2D eigenvalue weighted by atomic mass is 9.68. The molecule has 156 valence electrons. The van der Waals surface area contributed by atoms with E-state index in [0.717, 1.165) is 51.1 Å². The number of aromatic nitrogens is 1. The molecule has 1 aliphatic heterocycles. The Morgan fingerprint density at radius 3 is 2.76 bits per heavy atom. The Morgan fingerprint density at radius 2 is 1.97 bits per heavy atom. The maximum absolute atomic E-state index is 6.35. The Morgan fingerprint density at radius 1 is 1.07 bits per heavy atom. The van der Waals surface area contributed by atoms with Crippen molar-refractivity contribution in [2.75, 3.05) is 26.8 Å². The lowest BCUT2D eigenvalue weighted by Crippen LogP contribution is -2.47. The minimum atomic E-state index is 0.0936. The zero-order valence-corrected chi connectivity index (χ0v) is 17.7. The van der Waals surface area contributed by atoms with Crippen molar-refractivity contribution in [1.29, 1.82) is 0 Å². The number of methoxy groups -OCH3 is 1. The number of nitrogens with zero attached hydrogens (tertiary/aromatic N) is 1. The summed E-state index contributed by atoms with van der Waals surface area (Å²) in [6.45, 7) is 2.85. The number of hydrogen-bond acceptors (Lipinski definition) is 4. The Labute approximate surface area is 175 Å². The van der Waals surface area contributed by atoms with Gasteiger partial charge in [-0.05, 0) is 81.4 Å². The second-order valence-electron chi connectivity index (χ2n) is 8.76. The first-order valence-corrected chi connectivity index (χ1v) is 11.1. The van der Waals surface area contributed by atoms with E-state index in [2.05, 4.69) is 35.6 Å². The van der Waals surface area contributed by atoms with Crippen molar-refractivity contribution in [3.8, 4) is 5.75 Å². The predicted molar refractivity (Wildman–Crippen MR) is 116 cm³/mol. The van der Waals surface area contributed by atoms with Crippen LogP contribution in [0.3, 0.4) is 0 Å². The van der Waals surface area contributed by atoms with E-state index < -0.39 is 0 Å². The van der Waals surface area contributed by atoms with E-state index >= 15 is 0 Å². The van der Waals surface area contributed by atoms with Gasteiger partial charge in [0.2, 0.25) is 0 Å². The quantitative estimate of drug-likeness (QED) is 0.661. The van der Waals surface area contributed by atoms with Crippen LogP contribution in [0.2, 0.25) is 0 Å². The number of nitrogens with one attached hydrogen (secondary N) is 1. The van der Waals surface area contributed by atoms with Crippen LogP contribution in [-0.2, 0) is 16.6 Å². The van der Waals surface area contributed by atoms with Crippen LogP contribution in [0.25, 0.3) is 0 Å².